The summed E-state index contributed by atoms with van der Waals surface area (Å²) in [6.45, 7) is 2.91. The number of nitrogens with zero attached hydrogens (tertiary/aromatic N) is 3. The molecule has 0 atom stereocenters. The summed E-state index contributed by atoms with van der Waals surface area (Å²) in [7, 11) is 0. The van der Waals surface area contributed by atoms with Crippen molar-refractivity contribution in [1.29, 1.82) is 5.26 Å². The van der Waals surface area contributed by atoms with E-state index in [0.717, 1.165) is 25.1 Å². The van der Waals surface area contributed by atoms with Crippen LogP contribution in [0, 0.1) is 11.3 Å². The molecule has 0 N–H and O–H groups in total. The number of rotatable bonds is 2. The van der Waals surface area contributed by atoms with Crippen LogP contribution in [0.2, 0.25) is 0 Å². The van der Waals surface area contributed by atoms with Crippen LogP contribution in [0.25, 0.3) is 0 Å². The van der Waals surface area contributed by atoms with Crippen LogP contribution in [0.15, 0.2) is 12.3 Å². The van der Waals surface area contributed by atoms with Crippen LogP contribution in [-0.2, 0) is 12.0 Å². The van der Waals surface area contributed by atoms with E-state index < -0.39 is 0 Å². The average Bonchev–Trinajstić information content (AvgIpc) is 2.52. The summed E-state index contributed by atoms with van der Waals surface area (Å²) < 4.78 is 1.93. The fourth-order valence-electron chi connectivity index (χ4n) is 1.95. The van der Waals surface area contributed by atoms with E-state index in [1.165, 1.54) is 6.42 Å². The normalized spacial score (nSPS) is 19.1. The summed E-state index contributed by atoms with van der Waals surface area (Å²) in [6.07, 6.45) is 4.95. The minimum Gasteiger partial charge on any atom is -0.268 e. The van der Waals surface area contributed by atoms with E-state index in [1.807, 2.05) is 10.7 Å². The molecule has 0 amide bonds. The van der Waals surface area contributed by atoms with Crippen molar-refractivity contribution < 1.29 is 0 Å². The van der Waals surface area contributed by atoms with Crippen LogP contribution in [0.3, 0.4) is 0 Å². The first-order valence-electron chi connectivity index (χ1n) is 4.76. The first-order valence-corrected chi connectivity index (χ1v) is 4.76. The van der Waals surface area contributed by atoms with E-state index in [0.29, 0.717) is 0 Å². The summed E-state index contributed by atoms with van der Waals surface area (Å²) in [5.74, 6) is 0. The maximum absolute atomic E-state index is 9.14. The number of nitriles is 1. The third-order valence-corrected chi connectivity index (χ3v) is 2.93. The molecule has 68 valence electrons. The van der Waals surface area contributed by atoms with Gasteiger partial charge in [-0.1, -0.05) is 0 Å². The van der Waals surface area contributed by atoms with Crippen molar-refractivity contribution in [3.8, 4) is 6.07 Å². The van der Waals surface area contributed by atoms with Gasteiger partial charge in [-0.25, -0.2) is 0 Å². The third-order valence-electron chi connectivity index (χ3n) is 2.93. The van der Waals surface area contributed by atoms with Crippen molar-refractivity contribution in [1.82, 2.24) is 9.78 Å². The van der Waals surface area contributed by atoms with E-state index in [9.17, 15) is 0 Å². The Morgan fingerprint density at radius 3 is 2.92 bits per heavy atom. The van der Waals surface area contributed by atoms with E-state index in [-0.39, 0.29) is 5.41 Å². The molecule has 0 bridgehead atoms. The second-order valence-electron chi connectivity index (χ2n) is 3.58. The smallest absolute Gasteiger partial charge is 0.0990 e. The summed E-state index contributed by atoms with van der Waals surface area (Å²) >= 11 is 0. The van der Waals surface area contributed by atoms with Crippen LogP contribution < -0.4 is 0 Å². The Bertz CT molecular complexity index is 341. The number of hydrogen-bond donors (Lipinski definition) is 0. The van der Waals surface area contributed by atoms with Gasteiger partial charge >= 0.3 is 0 Å². The zero-order valence-electron chi connectivity index (χ0n) is 7.82. The topological polar surface area (TPSA) is 41.6 Å². The monoisotopic (exact) mass is 175 g/mol. The Labute approximate surface area is 78.0 Å². The van der Waals surface area contributed by atoms with Gasteiger partial charge in [0.05, 0.1) is 17.2 Å². The van der Waals surface area contributed by atoms with Crippen LogP contribution in [0.4, 0.5) is 0 Å². The second kappa shape index (κ2) is 2.88. The summed E-state index contributed by atoms with van der Waals surface area (Å²) in [4.78, 5) is 0. The molecule has 1 aromatic rings. The number of hydrogen-bond acceptors (Lipinski definition) is 2. The van der Waals surface area contributed by atoms with E-state index >= 15 is 0 Å². The molecule has 0 radical (unpaired) electrons. The third kappa shape index (κ3) is 1.06. The van der Waals surface area contributed by atoms with Gasteiger partial charge in [-0.05, 0) is 32.3 Å². The molecular weight excluding hydrogens is 162 g/mol. The van der Waals surface area contributed by atoms with Gasteiger partial charge in [-0.3, -0.25) is 4.68 Å². The van der Waals surface area contributed by atoms with Crippen molar-refractivity contribution in [3.63, 3.8) is 0 Å². The molecule has 2 rings (SSSR count). The Morgan fingerprint density at radius 1 is 1.69 bits per heavy atom. The fraction of sp³-hybridized carbons (Fsp3) is 0.600. The highest BCUT2D eigenvalue weighted by Gasteiger charge is 2.41. The van der Waals surface area contributed by atoms with Crippen LogP contribution in [0.5, 0.6) is 0 Å². The Hall–Kier alpha value is -1.30. The van der Waals surface area contributed by atoms with Gasteiger partial charge in [0.15, 0.2) is 0 Å². The Kier molecular flexibility index (Phi) is 1.84. The molecule has 0 unspecified atom stereocenters. The molecule has 1 aliphatic rings. The van der Waals surface area contributed by atoms with Gasteiger partial charge < -0.3 is 0 Å². The zero-order valence-corrected chi connectivity index (χ0v) is 7.82. The van der Waals surface area contributed by atoms with Crippen LogP contribution in [0.1, 0.15) is 31.9 Å². The fourth-order valence-corrected chi connectivity index (χ4v) is 1.95. The van der Waals surface area contributed by atoms with Gasteiger partial charge in [0.25, 0.3) is 0 Å². The minimum absolute atomic E-state index is 0.216. The summed E-state index contributed by atoms with van der Waals surface area (Å²) in [5.41, 5.74) is 0.885. The number of aryl methyl sites for hydroxylation is 1. The van der Waals surface area contributed by atoms with Gasteiger partial charge in [-0.15, -0.1) is 0 Å². The SMILES string of the molecule is CCn1nccc1C1(C#N)CCC1. The molecule has 0 spiro atoms. The molecule has 1 heterocycles. The van der Waals surface area contributed by atoms with Crippen molar-refractivity contribution in [3.05, 3.63) is 18.0 Å². The maximum Gasteiger partial charge on any atom is 0.0990 e. The van der Waals surface area contributed by atoms with Gasteiger partial charge in [0, 0.05) is 12.7 Å². The molecule has 3 heteroatoms. The molecule has 0 aromatic carbocycles. The van der Waals surface area contributed by atoms with E-state index in [4.69, 9.17) is 5.26 Å². The molecule has 3 nitrogen and oxygen atoms in total. The van der Waals surface area contributed by atoms with Crippen molar-refractivity contribution >= 4 is 0 Å². The lowest BCUT2D eigenvalue weighted by molar-refractivity contribution is 0.301. The molecule has 1 aliphatic carbocycles. The molecule has 13 heavy (non-hydrogen) atoms. The second-order valence-corrected chi connectivity index (χ2v) is 3.58. The predicted octanol–water partition coefficient (Wildman–Crippen LogP) is 1.85. The molecule has 1 fully saturated rings. The predicted molar refractivity (Wildman–Crippen MR) is 49.0 cm³/mol. The van der Waals surface area contributed by atoms with Gasteiger partial charge in [0.2, 0.25) is 0 Å². The maximum atomic E-state index is 9.14. The Morgan fingerprint density at radius 2 is 2.46 bits per heavy atom. The van der Waals surface area contributed by atoms with Crippen molar-refractivity contribution in [2.75, 3.05) is 0 Å². The minimum atomic E-state index is -0.216. The highest BCUT2D eigenvalue weighted by Crippen LogP contribution is 2.42. The standard InChI is InChI=1S/C10H13N3/c1-2-13-9(4-7-12-13)10(8-11)5-3-6-10/h4,7H,2-3,5-6H2,1H3. The first-order chi connectivity index (χ1) is 6.32. The highest BCUT2D eigenvalue weighted by atomic mass is 15.3. The highest BCUT2D eigenvalue weighted by molar-refractivity contribution is 5.29. The first kappa shape index (κ1) is 8.31. The van der Waals surface area contributed by atoms with E-state index in [2.05, 4.69) is 18.1 Å². The largest absolute Gasteiger partial charge is 0.268 e. The van der Waals surface area contributed by atoms with Crippen LogP contribution >= 0.6 is 0 Å². The molecule has 0 aliphatic heterocycles. The number of aromatic nitrogens is 2. The quantitative estimate of drug-likeness (QED) is 0.688. The van der Waals surface area contributed by atoms with E-state index in [1.54, 1.807) is 6.20 Å². The van der Waals surface area contributed by atoms with Crippen molar-refractivity contribution in [2.24, 2.45) is 0 Å². The summed E-state index contributed by atoms with van der Waals surface area (Å²) in [6, 6.07) is 4.41. The molecule has 1 saturated carbocycles. The molecule has 1 aromatic heterocycles. The van der Waals surface area contributed by atoms with Crippen LogP contribution in [-0.4, -0.2) is 9.78 Å². The molecule has 0 saturated heterocycles. The van der Waals surface area contributed by atoms with Gasteiger partial charge in [0.1, 0.15) is 0 Å². The Balaban J connectivity index is 2.39. The zero-order chi connectivity index (χ0) is 9.31. The summed E-state index contributed by atoms with van der Waals surface area (Å²) in [5, 5.41) is 13.3. The lowest BCUT2D eigenvalue weighted by atomic mass is 9.68. The lowest BCUT2D eigenvalue weighted by Gasteiger charge is -2.35. The average molecular weight is 175 g/mol. The van der Waals surface area contributed by atoms with Crippen molar-refractivity contribution in [2.45, 2.75) is 38.1 Å². The van der Waals surface area contributed by atoms with Gasteiger partial charge in [-0.2, -0.15) is 10.4 Å². The lowest BCUT2D eigenvalue weighted by Crippen LogP contribution is -2.34. The molecular formula is C10H13N3.